The predicted octanol–water partition coefficient (Wildman–Crippen LogP) is 7.87. The molecule has 4 aromatic rings. The van der Waals surface area contributed by atoms with E-state index in [0.717, 1.165) is 75.6 Å². The van der Waals surface area contributed by atoms with Crippen molar-refractivity contribution in [1.29, 1.82) is 0 Å². The van der Waals surface area contributed by atoms with Crippen molar-refractivity contribution < 1.29 is 28.7 Å². The molecule has 0 aromatic carbocycles. The van der Waals surface area contributed by atoms with Gasteiger partial charge in [0.1, 0.15) is 22.8 Å². The molecule has 4 heterocycles. The first-order valence-electron chi connectivity index (χ1n) is 23.7. The maximum absolute atomic E-state index is 12.3. The van der Waals surface area contributed by atoms with Gasteiger partial charge in [-0.15, -0.1) is 20.4 Å². The van der Waals surface area contributed by atoms with Gasteiger partial charge in [-0.1, -0.05) is 49.4 Å². The third kappa shape index (κ3) is 17.0. The van der Waals surface area contributed by atoms with Crippen molar-refractivity contribution in [2.45, 2.75) is 166 Å². The van der Waals surface area contributed by atoms with Gasteiger partial charge in [-0.25, -0.2) is 19.6 Å². The Morgan fingerprint density at radius 3 is 1.51 bits per heavy atom. The van der Waals surface area contributed by atoms with Crippen LogP contribution in [-0.2, 0) is 9.47 Å². The van der Waals surface area contributed by atoms with E-state index < -0.39 is 29.1 Å². The number of nitrogens with one attached hydrogen (secondary N) is 5. The number of anilines is 5. The molecule has 4 aromatic heterocycles. The molecule has 0 aliphatic heterocycles. The summed E-state index contributed by atoms with van der Waals surface area (Å²) >= 11 is 5.79. The second-order valence-electron chi connectivity index (χ2n) is 19.8. The molecule has 0 radical (unpaired) electrons. The molecule has 21 heteroatoms. The Kier molecular flexibility index (Phi) is 17.5. The third-order valence-corrected chi connectivity index (χ3v) is 11.6. The Hall–Kier alpha value is -6.41. The first-order chi connectivity index (χ1) is 32.7. The SMILES string of the molecule is CC(C)(C)OC(=O)N[C@H]1CCCC[C@H]1N.CC(C)(C)OC(=O)N[C@H]1CCCC[C@H]1Nc1cc(Nc2cccc(C3CC3)n2)c(C(N)=O)nn1.NC(=O)c1nnc(Cl)cc1Nc1cccc(C2CC2)n1. The summed E-state index contributed by atoms with van der Waals surface area (Å²) in [7, 11) is 0. The molecule has 69 heavy (non-hydrogen) atoms. The number of halogens is 1. The molecule has 372 valence electrons. The lowest BCUT2D eigenvalue weighted by Crippen LogP contribution is -2.50. The molecule has 4 saturated carbocycles. The summed E-state index contributed by atoms with van der Waals surface area (Å²) in [6, 6.07) is 14.7. The van der Waals surface area contributed by atoms with Crippen LogP contribution in [0.5, 0.6) is 0 Å². The summed E-state index contributed by atoms with van der Waals surface area (Å²) < 4.78 is 10.6. The molecular weight excluding hydrogens is 904 g/mol. The third-order valence-electron chi connectivity index (χ3n) is 11.4. The Labute approximate surface area is 408 Å². The highest BCUT2D eigenvalue weighted by Gasteiger charge is 2.31. The van der Waals surface area contributed by atoms with Crippen molar-refractivity contribution in [1.82, 2.24) is 41.0 Å². The zero-order valence-electron chi connectivity index (χ0n) is 40.3. The average molecular weight is 972 g/mol. The number of nitrogens with two attached hydrogens (primary N) is 3. The van der Waals surface area contributed by atoms with E-state index in [1.54, 1.807) is 6.07 Å². The molecule has 0 unspecified atom stereocenters. The van der Waals surface area contributed by atoms with E-state index >= 15 is 0 Å². The second-order valence-corrected chi connectivity index (χ2v) is 20.2. The number of aromatic nitrogens is 6. The summed E-state index contributed by atoms with van der Waals surface area (Å²) in [6.45, 7) is 11.1. The van der Waals surface area contributed by atoms with Crippen LogP contribution in [0, 0.1) is 0 Å². The van der Waals surface area contributed by atoms with Gasteiger partial charge in [0.15, 0.2) is 22.4 Å². The van der Waals surface area contributed by atoms with Crippen molar-refractivity contribution in [2.24, 2.45) is 17.2 Å². The minimum absolute atomic E-state index is 0.0352. The molecule has 4 fully saturated rings. The van der Waals surface area contributed by atoms with Crippen molar-refractivity contribution in [2.75, 3.05) is 16.0 Å². The van der Waals surface area contributed by atoms with E-state index in [1.807, 2.05) is 77.9 Å². The van der Waals surface area contributed by atoms with E-state index in [-0.39, 0.29) is 46.8 Å². The summed E-state index contributed by atoms with van der Waals surface area (Å²) in [5, 5.41) is 31.1. The minimum atomic E-state index is -0.679. The fraction of sp³-hybridized carbons (Fsp3) is 0.542. The van der Waals surface area contributed by atoms with Gasteiger partial charge < -0.3 is 53.3 Å². The van der Waals surface area contributed by atoms with E-state index in [4.69, 9.17) is 38.3 Å². The van der Waals surface area contributed by atoms with Gasteiger partial charge in [-0.05, 0) is 117 Å². The van der Waals surface area contributed by atoms with E-state index in [0.29, 0.717) is 40.7 Å². The number of carbonyl (C=O) groups is 4. The number of hydrogen-bond donors (Lipinski definition) is 8. The van der Waals surface area contributed by atoms with Gasteiger partial charge in [0.2, 0.25) is 0 Å². The number of amides is 4. The maximum atomic E-state index is 12.3. The lowest BCUT2D eigenvalue weighted by atomic mass is 9.90. The van der Waals surface area contributed by atoms with Crippen molar-refractivity contribution in [3.63, 3.8) is 0 Å². The molecule has 0 spiro atoms. The highest BCUT2D eigenvalue weighted by Crippen LogP contribution is 2.40. The first-order valence-corrected chi connectivity index (χ1v) is 24.1. The van der Waals surface area contributed by atoms with Crippen LogP contribution >= 0.6 is 11.6 Å². The van der Waals surface area contributed by atoms with Gasteiger partial charge in [0.25, 0.3) is 11.8 Å². The van der Waals surface area contributed by atoms with Crippen LogP contribution in [0.1, 0.15) is 163 Å². The topological polar surface area (TPSA) is 302 Å². The second kappa shape index (κ2) is 23.3. The normalized spacial score (nSPS) is 20.0. The van der Waals surface area contributed by atoms with Crippen molar-refractivity contribution in [3.05, 3.63) is 76.5 Å². The summed E-state index contributed by atoms with van der Waals surface area (Å²) in [6.07, 6.45) is 11.8. The fourth-order valence-corrected chi connectivity index (χ4v) is 7.99. The Morgan fingerprint density at radius 1 is 0.580 bits per heavy atom. The van der Waals surface area contributed by atoms with Crippen LogP contribution in [0.15, 0.2) is 48.5 Å². The molecule has 20 nitrogen and oxygen atoms in total. The predicted molar refractivity (Wildman–Crippen MR) is 264 cm³/mol. The number of carbonyl (C=O) groups excluding carboxylic acids is 4. The van der Waals surface area contributed by atoms with Gasteiger partial charge in [0, 0.05) is 53.5 Å². The molecule has 11 N–H and O–H groups in total. The number of primary amides is 2. The van der Waals surface area contributed by atoms with Crippen LogP contribution in [0.3, 0.4) is 0 Å². The van der Waals surface area contributed by atoms with Crippen LogP contribution in [-0.4, -0.2) is 89.7 Å². The molecule has 4 amide bonds. The quantitative estimate of drug-likeness (QED) is 0.0670. The maximum Gasteiger partial charge on any atom is 0.407 e. The average Bonchev–Trinajstić information content (AvgIpc) is 4.20. The number of ether oxygens (including phenoxy) is 2. The van der Waals surface area contributed by atoms with E-state index in [1.165, 1.54) is 18.9 Å². The lowest BCUT2D eigenvalue weighted by Gasteiger charge is -2.33. The lowest BCUT2D eigenvalue weighted by molar-refractivity contribution is 0.0475. The number of hydrogen-bond acceptors (Lipinski definition) is 16. The Morgan fingerprint density at radius 2 is 1.03 bits per heavy atom. The monoisotopic (exact) mass is 971 g/mol. The molecule has 4 aliphatic carbocycles. The summed E-state index contributed by atoms with van der Waals surface area (Å²) in [4.78, 5) is 56.3. The number of nitrogens with zero attached hydrogens (tertiary/aromatic N) is 6. The van der Waals surface area contributed by atoms with E-state index in [2.05, 4.69) is 56.9 Å². The zero-order valence-corrected chi connectivity index (χ0v) is 41.1. The smallest absolute Gasteiger partial charge is 0.407 e. The van der Waals surface area contributed by atoms with Gasteiger partial charge >= 0.3 is 12.2 Å². The molecular formula is C48H67ClN14O6. The van der Waals surface area contributed by atoms with Gasteiger partial charge in [0.05, 0.1) is 17.4 Å². The standard InChI is InChI=1S/C24H33N7O3.C13H12ClN5O.C11H22N2O2/c1-24(2,3)34-23(33)29-17-8-5-4-7-16(17)27-20-13-18(21(22(25)32)31-30-20)28-19-10-6-9-15(26-19)14-11-12-14;14-10-6-9(12(13(15)20)19-18-10)17-11-3-1-2-8(16-11)7-4-5-7;1-11(2,3)15-10(14)13-9-7-5-4-6-8(9)12/h6,9-10,13-14,16-17H,4-5,7-8,11-12H2,1-3H3,(H2,25,32)(H,29,33)(H2,26,27,28,30);1-3,6-7H,4-5H2,(H2,15,20)(H,16,17,18);8-9H,4-7,12H2,1-3H3,(H,13,14)/t16-,17+;;8-,9+/m1.1/s1. The zero-order chi connectivity index (χ0) is 49.9. The Balaban J connectivity index is 0.000000189. The van der Waals surface area contributed by atoms with Gasteiger partial charge in [-0.3, -0.25) is 9.59 Å². The largest absolute Gasteiger partial charge is 0.444 e. The molecule has 8 rings (SSSR count). The number of pyridine rings is 2. The van der Waals surface area contributed by atoms with Crippen molar-refractivity contribution >= 4 is 64.4 Å². The van der Waals surface area contributed by atoms with Crippen molar-refractivity contribution in [3.8, 4) is 0 Å². The fourth-order valence-electron chi connectivity index (χ4n) is 7.84. The molecule has 0 bridgehead atoms. The molecule has 4 atom stereocenters. The highest BCUT2D eigenvalue weighted by atomic mass is 35.5. The summed E-state index contributed by atoms with van der Waals surface area (Å²) in [5.74, 6) is 1.43. The van der Waals surface area contributed by atoms with E-state index in [9.17, 15) is 19.2 Å². The molecule has 0 saturated heterocycles. The molecule has 4 aliphatic rings. The summed E-state index contributed by atoms with van der Waals surface area (Å²) in [5.41, 5.74) is 18.7. The minimum Gasteiger partial charge on any atom is -0.444 e. The van der Waals surface area contributed by atoms with Crippen LogP contribution in [0.25, 0.3) is 0 Å². The van der Waals surface area contributed by atoms with Gasteiger partial charge in [-0.2, -0.15) is 0 Å². The van der Waals surface area contributed by atoms with Crippen LogP contribution in [0.4, 0.5) is 38.4 Å². The number of alkyl carbamates (subject to hydrolysis) is 2. The van der Waals surface area contributed by atoms with Crippen LogP contribution in [0.2, 0.25) is 5.15 Å². The Bertz CT molecular complexity index is 2420. The first kappa shape index (κ1) is 52.0. The number of rotatable bonds is 12. The van der Waals surface area contributed by atoms with Crippen LogP contribution < -0.4 is 43.8 Å². The highest BCUT2D eigenvalue weighted by molar-refractivity contribution is 6.29.